The van der Waals surface area contributed by atoms with Crippen molar-refractivity contribution in [1.29, 1.82) is 0 Å². The van der Waals surface area contributed by atoms with Crippen LogP contribution in [0.25, 0.3) is 0 Å². The summed E-state index contributed by atoms with van der Waals surface area (Å²) in [6.07, 6.45) is 1.28. The van der Waals surface area contributed by atoms with Crippen molar-refractivity contribution in [2.24, 2.45) is 0 Å². The number of amides is 2. The van der Waals surface area contributed by atoms with E-state index < -0.39 is 16.6 Å². The van der Waals surface area contributed by atoms with Gasteiger partial charge in [-0.1, -0.05) is 12.1 Å². The fraction of sp³-hybridized carbons (Fsp3) is 0.391. The molecule has 0 bridgehead atoms. The molecule has 3 heterocycles. The van der Waals surface area contributed by atoms with Crippen molar-refractivity contribution in [3.05, 3.63) is 53.6 Å². The number of rotatable bonds is 2. The van der Waals surface area contributed by atoms with Crippen LogP contribution in [-0.2, 0) is 20.3 Å². The summed E-state index contributed by atoms with van der Waals surface area (Å²) in [7, 11) is -1.50. The molecule has 2 aromatic carbocycles. The first kappa shape index (κ1) is 20.4. The molecule has 2 fully saturated rings. The van der Waals surface area contributed by atoms with Gasteiger partial charge in [-0.05, 0) is 37.3 Å². The summed E-state index contributed by atoms with van der Waals surface area (Å²) < 4.78 is 24.8. The summed E-state index contributed by atoms with van der Waals surface area (Å²) in [5.74, 6) is -0.851. The average molecular weight is 441 g/mol. The summed E-state index contributed by atoms with van der Waals surface area (Å²) in [6.45, 7) is 4.57. The number of anilines is 1. The number of hydrogen-bond acceptors (Lipinski definition) is 5. The number of benzene rings is 2. The molecular formula is C23H24N2O5S. The lowest BCUT2D eigenvalue weighted by Crippen LogP contribution is -2.47. The Morgan fingerprint density at radius 2 is 1.77 bits per heavy atom. The minimum atomic E-state index is -1.50. The third kappa shape index (κ3) is 3.39. The zero-order chi connectivity index (χ0) is 21.6. The van der Waals surface area contributed by atoms with E-state index in [1.165, 1.54) is 0 Å². The molecule has 162 valence electrons. The summed E-state index contributed by atoms with van der Waals surface area (Å²) >= 11 is 0. The molecule has 0 N–H and O–H groups in total. The molecule has 1 spiro atoms. The lowest BCUT2D eigenvalue weighted by molar-refractivity contribution is -0.181. The molecule has 3 aliphatic heterocycles. The summed E-state index contributed by atoms with van der Waals surface area (Å²) in [5, 5.41) is 0. The molecule has 3 aliphatic rings. The number of likely N-dealkylation sites (tertiary alicyclic amines) is 1. The molecular weight excluding hydrogens is 416 g/mol. The predicted molar refractivity (Wildman–Crippen MR) is 115 cm³/mol. The minimum Gasteiger partial charge on any atom is -0.347 e. The first-order valence-electron chi connectivity index (χ1n) is 10.6. The van der Waals surface area contributed by atoms with Crippen LogP contribution in [0.4, 0.5) is 5.69 Å². The minimum absolute atomic E-state index is 0.105. The molecule has 2 saturated heterocycles. The van der Waals surface area contributed by atoms with Crippen LogP contribution < -0.4 is 4.90 Å². The van der Waals surface area contributed by atoms with Crippen molar-refractivity contribution in [3.8, 4) is 0 Å². The zero-order valence-corrected chi connectivity index (χ0v) is 18.2. The van der Waals surface area contributed by atoms with Gasteiger partial charge in [-0.15, -0.1) is 0 Å². The normalized spacial score (nSPS) is 22.2. The van der Waals surface area contributed by atoms with Crippen molar-refractivity contribution < 1.29 is 23.3 Å². The van der Waals surface area contributed by atoms with Crippen LogP contribution in [0.15, 0.2) is 52.3 Å². The van der Waals surface area contributed by atoms with E-state index in [-0.39, 0.29) is 11.8 Å². The first-order valence-corrected chi connectivity index (χ1v) is 11.7. The topological polar surface area (TPSA) is 76.2 Å². The molecule has 1 atom stereocenters. The molecule has 0 aliphatic carbocycles. The molecule has 5 rings (SSSR count). The quantitative estimate of drug-likeness (QED) is 0.718. The van der Waals surface area contributed by atoms with E-state index in [0.29, 0.717) is 72.3 Å². The monoisotopic (exact) mass is 440 g/mol. The summed E-state index contributed by atoms with van der Waals surface area (Å²) in [5.41, 5.74) is 1.45. The van der Waals surface area contributed by atoms with E-state index in [4.69, 9.17) is 9.47 Å². The Bertz CT molecular complexity index is 1070. The molecule has 2 amide bonds. The highest BCUT2D eigenvalue weighted by atomic mass is 32.2. The van der Waals surface area contributed by atoms with Gasteiger partial charge in [0.1, 0.15) is 0 Å². The number of ether oxygens (including phenoxy) is 2. The molecule has 31 heavy (non-hydrogen) atoms. The summed E-state index contributed by atoms with van der Waals surface area (Å²) in [6, 6.07) is 12.1. The second-order valence-electron chi connectivity index (χ2n) is 7.90. The Balaban J connectivity index is 1.46. The number of fused-ring (bicyclic) bond motifs is 2. The Kier molecular flexibility index (Phi) is 5.16. The molecule has 8 heteroatoms. The van der Waals surface area contributed by atoms with Crippen LogP contribution in [0, 0.1) is 0 Å². The van der Waals surface area contributed by atoms with Crippen LogP contribution in [0.3, 0.4) is 0 Å². The van der Waals surface area contributed by atoms with Crippen LogP contribution in [-0.4, -0.2) is 59.6 Å². The van der Waals surface area contributed by atoms with Crippen molar-refractivity contribution in [2.45, 2.75) is 35.3 Å². The smallest absolute Gasteiger partial charge is 0.259 e. The SMILES string of the molecule is CCN1C(=O)c2ccccc2[S@@](=O)c2ccc(C(=O)N3CCC4(CC3)OCCO4)cc21. The lowest BCUT2D eigenvalue weighted by Gasteiger charge is -2.37. The fourth-order valence-electron chi connectivity index (χ4n) is 4.53. The van der Waals surface area contributed by atoms with E-state index in [0.717, 1.165) is 0 Å². The first-order chi connectivity index (χ1) is 15.0. The van der Waals surface area contributed by atoms with E-state index in [9.17, 15) is 13.8 Å². The maximum atomic E-state index is 13.3. The van der Waals surface area contributed by atoms with Crippen molar-refractivity contribution in [3.63, 3.8) is 0 Å². The number of carbonyl (C=O) groups is 2. The third-order valence-electron chi connectivity index (χ3n) is 6.20. The highest BCUT2D eigenvalue weighted by Crippen LogP contribution is 2.36. The van der Waals surface area contributed by atoms with Crippen molar-refractivity contribution >= 4 is 28.3 Å². The van der Waals surface area contributed by atoms with Gasteiger partial charge in [-0.25, -0.2) is 4.21 Å². The Hall–Kier alpha value is -2.55. The van der Waals surface area contributed by atoms with E-state index in [2.05, 4.69) is 0 Å². The predicted octanol–water partition coefficient (Wildman–Crippen LogP) is 2.81. The van der Waals surface area contributed by atoms with Gasteiger partial charge in [-0.2, -0.15) is 0 Å². The Morgan fingerprint density at radius 1 is 1.06 bits per heavy atom. The molecule has 0 unspecified atom stereocenters. The average Bonchev–Trinajstić information content (AvgIpc) is 3.23. The van der Waals surface area contributed by atoms with E-state index in [1.807, 2.05) is 6.92 Å². The van der Waals surface area contributed by atoms with Gasteiger partial charge in [0, 0.05) is 38.0 Å². The molecule has 2 aromatic rings. The third-order valence-corrected chi connectivity index (χ3v) is 7.70. The lowest BCUT2D eigenvalue weighted by atomic mass is 10.0. The van der Waals surface area contributed by atoms with Crippen molar-refractivity contribution in [2.75, 3.05) is 37.7 Å². The fourth-order valence-corrected chi connectivity index (χ4v) is 5.87. The highest BCUT2D eigenvalue weighted by molar-refractivity contribution is 7.85. The molecule has 7 nitrogen and oxygen atoms in total. The highest BCUT2D eigenvalue weighted by Gasteiger charge is 2.41. The van der Waals surface area contributed by atoms with Crippen LogP contribution in [0.5, 0.6) is 0 Å². The van der Waals surface area contributed by atoms with Gasteiger partial charge < -0.3 is 19.3 Å². The maximum absolute atomic E-state index is 13.3. The van der Waals surface area contributed by atoms with E-state index in [1.54, 1.807) is 52.3 Å². The van der Waals surface area contributed by atoms with Gasteiger partial charge in [0.25, 0.3) is 11.8 Å². The van der Waals surface area contributed by atoms with Crippen LogP contribution >= 0.6 is 0 Å². The number of piperidine rings is 1. The number of carbonyl (C=O) groups excluding carboxylic acids is 2. The maximum Gasteiger partial charge on any atom is 0.259 e. The zero-order valence-electron chi connectivity index (χ0n) is 17.3. The Labute approximate surface area is 183 Å². The van der Waals surface area contributed by atoms with Gasteiger partial charge in [0.15, 0.2) is 5.79 Å². The van der Waals surface area contributed by atoms with Crippen LogP contribution in [0.1, 0.15) is 40.5 Å². The standard InChI is InChI=1S/C23H24N2O5S/c1-2-25-18-15-16(21(26)24-11-9-23(10-12-24)29-13-14-30-23)7-8-20(18)31(28)19-6-4-3-5-17(19)22(25)27/h3-8,15H,2,9-14H2,1H3/t31-/m1/s1. The molecule has 0 saturated carbocycles. The summed E-state index contributed by atoms with van der Waals surface area (Å²) in [4.78, 5) is 30.8. The second kappa shape index (κ2) is 7.85. The number of nitrogens with zero attached hydrogens (tertiary/aromatic N) is 2. The van der Waals surface area contributed by atoms with Crippen LogP contribution in [0.2, 0.25) is 0 Å². The Morgan fingerprint density at radius 3 is 2.48 bits per heavy atom. The van der Waals surface area contributed by atoms with Crippen molar-refractivity contribution in [1.82, 2.24) is 4.90 Å². The number of hydrogen-bond donors (Lipinski definition) is 0. The van der Waals surface area contributed by atoms with E-state index >= 15 is 0 Å². The molecule has 0 radical (unpaired) electrons. The van der Waals surface area contributed by atoms with Gasteiger partial charge in [0.2, 0.25) is 0 Å². The molecule has 0 aromatic heterocycles. The largest absolute Gasteiger partial charge is 0.347 e. The van der Waals surface area contributed by atoms with Gasteiger partial charge in [0.05, 0.1) is 45.1 Å². The van der Waals surface area contributed by atoms with Gasteiger partial charge >= 0.3 is 0 Å². The van der Waals surface area contributed by atoms with Gasteiger partial charge in [-0.3, -0.25) is 9.59 Å². The second-order valence-corrected chi connectivity index (χ2v) is 9.31.